The fourth-order valence-electron chi connectivity index (χ4n) is 2.26. The lowest BCUT2D eigenvalue weighted by Gasteiger charge is -2.26. The van der Waals surface area contributed by atoms with Gasteiger partial charge in [-0.3, -0.25) is 0 Å². The first-order valence-corrected chi connectivity index (χ1v) is 6.27. The van der Waals surface area contributed by atoms with E-state index in [4.69, 9.17) is 4.74 Å². The Morgan fingerprint density at radius 2 is 1.76 bits per heavy atom. The van der Waals surface area contributed by atoms with Gasteiger partial charge in [-0.15, -0.1) is 0 Å². The van der Waals surface area contributed by atoms with E-state index < -0.39 is 0 Å². The van der Waals surface area contributed by atoms with Crippen molar-refractivity contribution in [1.82, 2.24) is 0 Å². The molecule has 0 unspecified atom stereocenters. The second-order valence-electron chi connectivity index (χ2n) is 4.65. The Hall–Kier alpha value is -1.12. The van der Waals surface area contributed by atoms with Crippen molar-refractivity contribution in [3.05, 3.63) is 48.0 Å². The molecule has 0 bridgehead atoms. The first-order chi connectivity index (χ1) is 8.40. The first-order valence-electron chi connectivity index (χ1n) is 6.27. The van der Waals surface area contributed by atoms with Gasteiger partial charge < -0.3 is 9.84 Å². The lowest BCUT2D eigenvalue weighted by atomic mass is 9.84. The van der Waals surface area contributed by atoms with Crippen LogP contribution in [-0.2, 0) is 11.3 Å². The fourth-order valence-corrected chi connectivity index (χ4v) is 2.26. The van der Waals surface area contributed by atoms with Crippen LogP contribution in [0.25, 0.3) is 0 Å². The van der Waals surface area contributed by atoms with Crippen molar-refractivity contribution in [2.45, 2.75) is 19.4 Å². The molecule has 0 amide bonds. The molecule has 0 aliphatic heterocycles. The van der Waals surface area contributed by atoms with Gasteiger partial charge in [-0.25, -0.2) is 0 Å². The molecule has 2 rings (SSSR count). The molecule has 0 heterocycles. The maximum atomic E-state index is 9.29. The monoisotopic (exact) mass is 232 g/mol. The van der Waals surface area contributed by atoms with E-state index in [1.54, 1.807) is 0 Å². The Morgan fingerprint density at radius 1 is 1.06 bits per heavy atom. The molecule has 0 saturated heterocycles. The summed E-state index contributed by atoms with van der Waals surface area (Å²) in [6.07, 6.45) is 6.37. The number of aliphatic hydroxyl groups excluding tert-OH is 1. The molecule has 0 spiro atoms. The third kappa shape index (κ3) is 3.69. The predicted octanol–water partition coefficient (Wildman–Crippen LogP) is 2.78. The lowest BCUT2D eigenvalue weighted by Crippen LogP contribution is -2.24. The quantitative estimate of drug-likeness (QED) is 0.791. The van der Waals surface area contributed by atoms with Gasteiger partial charge >= 0.3 is 0 Å². The first kappa shape index (κ1) is 12.3. The summed E-state index contributed by atoms with van der Waals surface area (Å²) in [5.41, 5.74) is 1.21. The Morgan fingerprint density at radius 3 is 2.47 bits per heavy atom. The number of aliphatic hydroxyl groups is 1. The number of rotatable bonds is 5. The summed E-state index contributed by atoms with van der Waals surface area (Å²) in [6.45, 7) is 1.67. The molecular formula is C15H20O2. The average Bonchev–Trinajstić information content (AvgIpc) is 2.40. The van der Waals surface area contributed by atoms with E-state index in [1.807, 2.05) is 18.2 Å². The van der Waals surface area contributed by atoms with Crippen LogP contribution >= 0.6 is 0 Å². The van der Waals surface area contributed by atoms with E-state index in [2.05, 4.69) is 24.3 Å². The summed E-state index contributed by atoms with van der Waals surface area (Å²) in [6, 6.07) is 10.2. The minimum Gasteiger partial charge on any atom is -0.396 e. The van der Waals surface area contributed by atoms with E-state index in [0.717, 1.165) is 19.4 Å². The van der Waals surface area contributed by atoms with E-state index in [0.29, 0.717) is 18.4 Å². The van der Waals surface area contributed by atoms with Gasteiger partial charge in [0.05, 0.1) is 13.2 Å². The van der Waals surface area contributed by atoms with Crippen molar-refractivity contribution in [2.24, 2.45) is 11.8 Å². The van der Waals surface area contributed by atoms with Crippen LogP contribution in [0.1, 0.15) is 18.4 Å². The smallest absolute Gasteiger partial charge is 0.0717 e. The largest absolute Gasteiger partial charge is 0.396 e. The normalized spacial score (nSPS) is 23.8. The molecule has 2 nitrogen and oxygen atoms in total. The van der Waals surface area contributed by atoms with Crippen LogP contribution in [0.5, 0.6) is 0 Å². The molecule has 0 aromatic heterocycles. The number of hydrogen-bond donors (Lipinski definition) is 1. The van der Waals surface area contributed by atoms with Crippen molar-refractivity contribution in [1.29, 1.82) is 0 Å². The van der Waals surface area contributed by atoms with E-state index >= 15 is 0 Å². The molecule has 1 aliphatic carbocycles. The summed E-state index contributed by atoms with van der Waals surface area (Å²) in [4.78, 5) is 0. The zero-order chi connectivity index (χ0) is 11.9. The molecule has 2 heteroatoms. The maximum Gasteiger partial charge on any atom is 0.0717 e. The molecule has 0 saturated carbocycles. The summed E-state index contributed by atoms with van der Waals surface area (Å²) in [5, 5.41) is 9.29. The fraction of sp³-hybridized carbons (Fsp3) is 0.467. The molecular weight excluding hydrogens is 212 g/mol. The third-order valence-electron chi connectivity index (χ3n) is 3.39. The van der Waals surface area contributed by atoms with Gasteiger partial charge in [0.2, 0.25) is 0 Å². The van der Waals surface area contributed by atoms with Gasteiger partial charge in [0.25, 0.3) is 0 Å². The Labute approximate surface area is 103 Å². The number of hydrogen-bond acceptors (Lipinski definition) is 2. The minimum atomic E-state index is 0.268. The Balaban J connectivity index is 1.76. The van der Waals surface area contributed by atoms with Crippen LogP contribution in [0.15, 0.2) is 42.5 Å². The highest BCUT2D eigenvalue weighted by Gasteiger charge is 2.21. The highest BCUT2D eigenvalue weighted by atomic mass is 16.5. The summed E-state index contributed by atoms with van der Waals surface area (Å²) in [7, 11) is 0. The third-order valence-corrected chi connectivity index (χ3v) is 3.39. The molecule has 2 atom stereocenters. The standard InChI is InChI=1S/C15H20O2/c16-10-14-8-4-5-9-15(14)12-17-11-13-6-2-1-3-7-13/h1-7,14-16H,8-12H2/t14-,15+/m1/s1. The van der Waals surface area contributed by atoms with E-state index in [1.165, 1.54) is 5.56 Å². The van der Waals surface area contributed by atoms with Gasteiger partial charge in [0.15, 0.2) is 0 Å². The van der Waals surface area contributed by atoms with Crippen LogP contribution in [0.2, 0.25) is 0 Å². The Bertz CT molecular complexity index is 345. The number of benzene rings is 1. The van der Waals surface area contributed by atoms with Crippen LogP contribution in [0, 0.1) is 11.8 Å². The van der Waals surface area contributed by atoms with Crippen molar-refractivity contribution in [2.75, 3.05) is 13.2 Å². The molecule has 17 heavy (non-hydrogen) atoms. The maximum absolute atomic E-state index is 9.29. The summed E-state index contributed by atoms with van der Waals surface area (Å²) >= 11 is 0. The van der Waals surface area contributed by atoms with Crippen LogP contribution in [0.3, 0.4) is 0 Å². The van der Waals surface area contributed by atoms with Crippen LogP contribution < -0.4 is 0 Å². The van der Waals surface area contributed by atoms with E-state index in [9.17, 15) is 5.11 Å². The molecule has 1 aromatic rings. The predicted molar refractivity (Wildman–Crippen MR) is 68.5 cm³/mol. The second-order valence-corrected chi connectivity index (χ2v) is 4.65. The number of ether oxygens (including phenoxy) is 1. The van der Waals surface area contributed by atoms with Crippen molar-refractivity contribution < 1.29 is 9.84 Å². The average molecular weight is 232 g/mol. The molecule has 1 aliphatic rings. The topological polar surface area (TPSA) is 29.5 Å². The molecule has 0 radical (unpaired) electrons. The Kier molecular flexibility index (Phi) is 4.77. The van der Waals surface area contributed by atoms with Gasteiger partial charge in [-0.2, -0.15) is 0 Å². The van der Waals surface area contributed by atoms with Crippen molar-refractivity contribution in [3.63, 3.8) is 0 Å². The second kappa shape index (κ2) is 6.58. The highest BCUT2D eigenvalue weighted by molar-refractivity contribution is 5.13. The van der Waals surface area contributed by atoms with Crippen LogP contribution in [-0.4, -0.2) is 18.3 Å². The van der Waals surface area contributed by atoms with Gasteiger partial charge in [0.1, 0.15) is 0 Å². The van der Waals surface area contributed by atoms with Gasteiger partial charge in [-0.05, 0) is 30.2 Å². The summed E-state index contributed by atoms with van der Waals surface area (Å²) in [5.74, 6) is 0.837. The van der Waals surface area contributed by atoms with Crippen molar-refractivity contribution in [3.8, 4) is 0 Å². The molecule has 0 fully saturated rings. The number of allylic oxidation sites excluding steroid dienone is 2. The molecule has 1 aromatic carbocycles. The van der Waals surface area contributed by atoms with Crippen LogP contribution in [0.4, 0.5) is 0 Å². The molecule has 92 valence electrons. The summed E-state index contributed by atoms with van der Waals surface area (Å²) < 4.78 is 5.75. The molecule has 1 N–H and O–H groups in total. The lowest BCUT2D eigenvalue weighted by molar-refractivity contribution is 0.0486. The minimum absolute atomic E-state index is 0.268. The van der Waals surface area contributed by atoms with Gasteiger partial charge in [-0.1, -0.05) is 42.5 Å². The van der Waals surface area contributed by atoms with Gasteiger partial charge in [0, 0.05) is 6.61 Å². The zero-order valence-electron chi connectivity index (χ0n) is 10.1. The van der Waals surface area contributed by atoms with Crippen molar-refractivity contribution >= 4 is 0 Å². The van der Waals surface area contributed by atoms with E-state index in [-0.39, 0.29) is 6.61 Å². The SMILES string of the molecule is OC[C@H]1CC=CC[C@H]1COCc1ccccc1. The highest BCUT2D eigenvalue weighted by Crippen LogP contribution is 2.25. The zero-order valence-corrected chi connectivity index (χ0v) is 10.1.